The van der Waals surface area contributed by atoms with Crippen LogP contribution < -0.4 is 10.5 Å². The van der Waals surface area contributed by atoms with Crippen molar-refractivity contribution in [1.82, 2.24) is 4.98 Å². The maximum Gasteiger partial charge on any atom is 0.433 e. The maximum absolute atomic E-state index is 12.8. The van der Waals surface area contributed by atoms with Gasteiger partial charge in [-0.05, 0) is 36.4 Å². The van der Waals surface area contributed by atoms with E-state index in [1.54, 1.807) is 0 Å². The minimum atomic E-state index is -4.70. The maximum atomic E-state index is 12.8. The van der Waals surface area contributed by atoms with Crippen LogP contribution in [0.5, 0.6) is 11.6 Å². The highest BCUT2D eigenvalue weighted by Gasteiger charge is 2.33. The Kier molecular flexibility index (Phi) is 3.79. The van der Waals surface area contributed by atoms with Gasteiger partial charge in [-0.1, -0.05) is 0 Å². The summed E-state index contributed by atoms with van der Waals surface area (Å²) < 4.78 is 55.7. The quantitative estimate of drug-likeness (QED) is 0.886. The zero-order chi connectivity index (χ0) is 15.6. The topological polar surface area (TPSA) is 65.2 Å². The number of carbonyl (C=O) groups is 1. The minimum Gasteiger partial charge on any atom is -0.438 e. The number of pyridine rings is 1. The molecule has 2 N–H and O–H groups in total. The van der Waals surface area contributed by atoms with Crippen molar-refractivity contribution in [1.29, 1.82) is 0 Å². The SMILES string of the molecule is NC(=O)c1ccc(C(F)(F)F)nc1Oc1ccc(F)cc1. The molecule has 0 saturated carbocycles. The molecule has 0 spiro atoms. The van der Waals surface area contributed by atoms with Crippen molar-refractivity contribution in [3.05, 3.63) is 53.5 Å². The lowest BCUT2D eigenvalue weighted by molar-refractivity contribution is -0.141. The van der Waals surface area contributed by atoms with Gasteiger partial charge in [0.15, 0.2) is 0 Å². The average molecular weight is 300 g/mol. The number of carbonyl (C=O) groups excluding carboxylic acids is 1. The Morgan fingerprint density at radius 3 is 2.24 bits per heavy atom. The molecule has 0 aliphatic rings. The highest BCUT2D eigenvalue weighted by atomic mass is 19.4. The van der Waals surface area contributed by atoms with Gasteiger partial charge < -0.3 is 10.5 Å². The van der Waals surface area contributed by atoms with Crippen molar-refractivity contribution < 1.29 is 27.1 Å². The smallest absolute Gasteiger partial charge is 0.433 e. The molecule has 21 heavy (non-hydrogen) atoms. The van der Waals surface area contributed by atoms with E-state index >= 15 is 0 Å². The van der Waals surface area contributed by atoms with Crippen LogP contribution in [-0.2, 0) is 6.18 Å². The fraction of sp³-hybridized carbons (Fsp3) is 0.0769. The van der Waals surface area contributed by atoms with E-state index in [9.17, 15) is 22.4 Å². The summed E-state index contributed by atoms with van der Waals surface area (Å²) in [6.07, 6.45) is -4.70. The molecule has 1 amide bonds. The molecule has 0 aliphatic carbocycles. The first-order valence-electron chi connectivity index (χ1n) is 5.59. The first-order chi connectivity index (χ1) is 9.77. The van der Waals surface area contributed by atoms with E-state index in [1.807, 2.05) is 0 Å². The van der Waals surface area contributed by atoms with E-state index in [4.69, 9.17) is 10.5 Å². The molecule has 2 aromatic rings. The lowest BCUT2D eigenvalue weighted by atomic mass is 10.2. The fourth-order valence-corrected chi connectivity index (χ4v) is 1.48. The highest BCUT2D eigenvalue weighted by molar-refractivity contribution is 5.95. The monoisotopic (exact) mass is 300 g/mol. The van der Waals surface area contributed by atoms with E-state index in [-0.39, 0.29) is 11.3 Å². The van der Waals surface area contributed by atoms with Crippen molar-refractivity contribution in [2.75, 3.05) is 0 Å². The third kappa shape index (κ3) is 3.47. The summed E-state index contributed by atoms with van der Waals surface area (Å²) in [5.74, 6) is -2.11. The van der Waals surface area contributed by atoms with Crippen LogP contribution in [0.3, 0.4) is 0 Å². The number of nitrogens with zero attached hydrogens (tertiary/aromatic N) is 1. The van der Waals surface area contributed by atoms with Gasteiger partial charge in [-0.15, -0.1) is 0 Å². The third-order valence-electron chi connectivity index (χ3n) is 2.44. The molecule has 4 nitrogen and oxygen atoms in total. The van der Waals surface area contributed by atoms with Crippen LogP contribution in [-0.4, -0.2) is 10.9 Å². The zero-order valence-electron chi connectivity index (χ0n) is 10.3. The number of aromatic nitrogens is 1. The largest absolute Gasteiger partial charge is 0.438 e. The number of benzene rings is 1. The Hall–Kier alpha value is -2.64. The number of alkyl halides is 3. The highest BCUT2D eigenvalue weighted by Crippen LogP contribution is 2.31. The number of amides is 1. The Morgan fingerprint density at radius 2 is 1.71 bits per heavy atom. The van der Waals surface area contributed by atoms with Crippen molar-refractivity contribution in [2.24, 2.45) is 5.73 Å². The van der Waals surface area contributed by atoms with Gasteiger partial charge in [0.2, 0.25) is 5.88 Å². The van der Waals surface area contributed by atoms with Gasteiger partial charge in [-0.2, -0.15) is 13.2 Å². The van der Waals surface area contributed by atoms with Crippen LogP contribution in [0.1, 0.15) is 16.1 Å². The van der Waals surface area contributed by atoms with E-state index < -0.39 is 29.5 Å². The van der Waals surface area contributed by atoms with Crippen LogP contribution in [0, 0.1) is 5.82 Å². The molecule has 1 aromatic carbocycles. The predicted molar refractivity (Wildman–Crippen MR) is 64.2 cm³/mol. The summed E-state index contributed by atoms with van der Waals surface area (Å²) in [5.41, 5.74) is 3.51. The lowest BCUT2D eigenvalue weighted by Crippen LogP contribution is -2.16. The summed E-state index contributed by atoms with van der Waals surface area (Å²) in [6, 6.07) is 5.96. The van der Waals surface area contributed by atoms with E-state index in [2.05, 4.69) is 4.98 Å². The van der Waals surface area contributed by atoms with Crippen LogP contribution in [0.2, 0.25) is 0 Å². The first kappa shape index (κ1) is 14.8. The van der Waals surface area contributed by atoms with Gasteiger partial charge in [0.1, 0.15) is 22.8 Å². The molecule has 2 rings (SSSR count). The van der Waals surface area contributed by atoms with Crippen molar-refractivity contribution in [3.63, 3.8) is 0 Å². The molecule has 1 aromatic heterocycles. The summed E-state index contributed by atoms with van der Waals surface area (Å²) in [5, 5.41) is 0. The Bertz CT molecular complexity index is 669. The number of hydrogen-bond acceptors (Lipinski definition) is 3. The minimum absolute atomic E-state index is 0.0192. The number of nitrogens with two attached hydrogens (primary N) is 1. The fourth-order valence-electron chi connectivity index (χ4n) is 1.48. The zero-order valence-corrected chi connectivity index (χ0v) is 10.3. The van der Waals surface area contributed by atoms with Crippen molar-refractivity contribution in [2.45, 2.75) is 6.18 Å². The number of primary amides is 1. The second-order valence-electron chi connectivity index (χ2n) is 3.97. The van der Waals surface area contributed by atoms with Crippen LogP contribution in [0.25, 0.3) is 0 Å². The molecule has 1 heterocycles. The van der Waals surface area contributed by atoms with Crippen LogP contribution >= 0.6 is 0 Å². The predicted octanol–water partition coefficient (Wildman–Crippen LogP) is 3.13. The standard InChI is InChI=1S/C13H8F4N2O2/c14-7-1-3-8(4-2-7)21-12-9(11(18)20)5-6-10(19-12)13(15,16)17/h1-6H,(H2,18,20). The molecule has 8 heteroatoms. The lowest BCUT2D eigenvalue weighted by Gasteiger charge is -2.11. The molecule has 110 valence electrons. The molecule has 0 aliphatic heterocycles. The van der Waals surface area contributed by atoms with Crippen LogP contribution in [0.4, 0.5) is 17.6 Å². The molecule has 0 unspecified atom stereocenters. The molecular formula is C13H8F4N2O2. The van der Waals surface area contributed by atoms with Crippen molar-refractivity contribution in [3.8, 4) is 11.6 Å². The Balaban J connectivity index is 2.43. The number of ether oxygens (including phenoxy) is 1. The number of halogens is 4. The van der Waals surface area contributed by atoms with Crippen molar-refractivity contribution >= 4 is 5.91 Å². The second kappa shape index (κ2) is 5.39. The average Bonchev–Trinajstić information content (AvgIpc) is 2.40. The van der Waals surface area contributed by atoms with Gasteiger partial charge in [0.05, 0.1) is 0 Å². The Labute approximate surface area is 116 Å². The van der Waals surface area contributed by atoms with Gasteiger partial charge in [0, 0.05) is 0 Å². The van der Waals surface area contributed by atoms with E-state index in [0.717, 1.165) is 18.2 Å². The number of hydrogen-bond donors (Lipinski definition) is 1. The normalized spacial score (nSPS) is 11.2. The summed E-state index contributed by atoms with van der Waals surface area (Å²) >= 11 is 0. The first-order valence-corrected chi connectivity index (χ1v) is 5.59. The second-order valence-corrected chi connectivity index (χ2v) is 3.97. The summed E-state index contributed by atoms with van der Waals surface area (Å²) in [7, 11) is 0. The third-order valence-corrected chi connectivity index (χ3v) is 2.44. The molecule has 0 saturated heterocycles. The Morgan fingerprint density at radius 1 is 1.10 bits per heavy atom. The van der Waals surface area contributed by atoms with Gasteiger partial charge in [-0.3, -0.25) is 4.79 Å². The van der Waals surface area contributed by atoms with Crippen LogP contribution in [0.15, 0.2) is 36.4 Å². The van der Waals surface area contributed by atoms with Gasteiger partial charge >= 0.3 is 6.18 Å². The van der Waals surface area contributed by atoms with E-state index in [1.165, 1.54) is 12.1 Å². The number of rotatable bonds is 3. The molecule has 0 bridgehead atoms. The molecular weight excluding hydrogens is 292 g/mol. The van der Waals surface area contributed by atoms with Gasteiger partial charge in [0.25, 0.3) is 5.91 Å². The van der Waals surface area contributed by atoms with Gasteiger partial charge in [-0.25, -0.2) is 9.37 Å². The summed E-state index contributed by atoms with van der Waals surface area (Å²) in [4.78, 5) is 14.4. The molecule has 0 atom stereocenters. The van der Waals surface area contributed by atoms with E-state index in [0.29, 0.717) is 6.07 Å². The summed E-state index contributed by atoms with van der Waals surface area (Å²) in [6.45, 7) is 0. The molecule has 0 radical (unpaired) electrons. The molecule has 0 fully saturated rings.